The number of nitrogens with two attached hydrogens (primary N) is 1. The molecule has 4 N–H and O–H groups in total. The van der Waals surface area contributed by atoms with Gasteiger partial charge in [-0.25, -0.2) is 4.79 Å². The molecule has 2 aromatic carbocycles. The molecule has 0 heterocycles. The summed E-state index contributed by atoms with van der Waals surface area (Å²) in [4.78, 5) is 11.1. The van der Waals surface area contributed by atoms with Crippen LogP contribution < -0.4 is 11.3 Å². The van der Waals surface area contributed by atoms with Crippen molar-refractivity contribution in [2.45, 2.75) is 0 Å². The summed E-state index contributed by atoms with van der Waals surface area (Å²) in [6.45, 7) is 0. The van der Waals surface area contributed by atoms with E-state index in [0.717, 1.165) is 11.3 Å². The molecule has 0 aliphatic heterocycles. The van der Waals surface area contributed by atoms with Crippen LogP contribution in [0.15, 0.2) is 48.5 Å². The topological polar surface area (TPSA) is 75.3 Å². The minimum Gasteiger partial charge on any atom is -0.478 e. The van der Waals surface area contributed by atoms with E-state index >= 15 is 0 Å². The van der Waals surface area contributed by atoms with E-state index < -0.39 is 5.97 Å². The summed E-state index contributed by atoms with van der Waals surface area (Å²) in [5.41, 5.74) is 5.15. The number of carboxylic acids is 1. The van der Waals surface area contributed by atoms with Crippen LogP contribution in [0.25, 0.3) is 11.1 Å². The molecular weight excluding hydrogens is 216 g/mol. The summed E-state index contributed by atoms with van der Waals surface area (Å²) in [5.74, 6) is 4.34. The Labute approximate surface area is 98.7 Å². The summed E-state index contributed by atoms with van der Waals surface area (Å²) in [6, 6.07) is 14.2. The molecule has 2 aromatic rings. The predicted molar refractivity (Wildman–Crippen MR) is 66.6 cm³/mol. The maximum atomic E-state index is 11.1. The normalized spacial score (nSPS) is 9.94. The van der Waals surface area contributed by atoms with Crippen molar-refractivity contribution in [3.8, 4) is 11.1 Å². The molecule has 0 aromatic heterocycles. The summed E-state index contributed by atoms with van der Waals surface area (Å²) in [7, 11) is 0. The Morgan fingerprint density at radius 3 is 2.29 bits per heavy atom. The highest BCUT2D eigenvalue weighted by atomic mass is 16.4. The number of hydrazine groups is 1. The van der Waals surface area contributed by atoms with Crippen LogP contribution >= 0.6 is 0 Å². The average molecular weight is 228 g/mol. The van der Waals surface area contributed by atoms with Gasteiger partial charge in [-0.1, -0.05) is 30.3 Å². The lowest BCUT2D eigenvalue weighted by Gasteiger charge is -2.07. The molecule has 4 nitrogen and oxygen atoms in total. The fourth-order valence-corrected chi connectivity index (χ4v) is 1.67. The van der Waals surface area contributed by atoms with Crippen LogP contribution in [0, 0.1) is 0 Å². The number of carbonyl (C=O) groups is 1. The molecule has 0 saturated carbocycles. The average Bonchev–Trinajstić information content (AvgIpc) is 2.39. The van der Waals surface area contributed by atoms with E-state index in [4.69, 9.17) is 10.9 Å². The van der Waals surface area contributed by atoms with Crippen LogP contribution in [-0.4, -0.2) is 11.1 Å². The molecule has 0 radical (unpaired) electrons. The molecule has 0 bridgehead atoms. The zero-order chi connectivity index (χ0) is 12.3. The molecule has 2 rings (SSSR count). The molecule has 86 valence electrons. The van der Waals surface area contributed by atoms with Gasteiger partial charge in [0, 0.05) is 5.69 Å². The summed E-state index contributed by atoms with van der Waals surface area (Å²) in [6.07, 6.45) is 0. The van der Waals surface area contributed by atoms with E-state index in [-0.39, 0.29) is 0 Å². The highest BCUT2D eigenvalue weighted by Gasteiger charge is 2.10. The van der Waals surface area contributed by atoms with Gasteiger partial charge in [-0.05, 0) is 29.3 Å². The second-order valence-corrected chi connectivity index (χ2v) is 3.57. The Kier molecular flexibility index (Phi) is 3.07. The molecule has 0 saturated heterocycles. The maximum absolute atomic E-state index is 11.1. The van der Waals surface area contributed by atoms with Gasteiger partial charge in [0.2, 0.25) is 0 Å². The Hall–Kier alpha value is -2.33. The molecule has 0 atom stereocenters. The fraction of sp³-hybridized carbons (Fsp3) is 0. The highest BCUT2D eigenvalue weighted by Crippen LogP contribution is 2.24. The minimum absolute atomic E-state index is 0.293. The standard InChI is InChI=1S/C13H12N2O2/c14-15-10-7-5-9(6-8-10)11-3-1-2-4-12(11)13(16)17/h1-8,15H,14H2,(H,16,17). The second-order valence-electron chi connectivity index (χ2n) is 3.57. The number of anilines is 1. The second kappa shape index (κ2) is 4.67. The first kappa shape index (κ1) is 11.2. The maximum Gasteiger partial charge on any atom is 0.336 e. The quantitative estimate of drug-likeness (QED) is 0.556. The number of aromatic carboxylic acids is 1. The lowest BCUT2D eigenvalue weighted by molar-refractivity contribution is 0.0698. The van der Waals surface area contributed by atoms with Crippen LogP contribution in [0.2, 0.25) is 0 Å². The SMILES string of the molecule is NNc1ccc(-c2ccccc2C(=O)O)cc1. The number of nitrogen functional groups attached to an aromatic ring is 1. The molecule has 0 aliphatic rings. The van der Waals surface area contributed by atoms with Crippen molar-refractivity contribution in [2.75, 3.05) is 5.43 Å². The van der Waals surface area contributed by atoms with Gasteiger partial charge in [0.25, 0.3) is 0 Å². The first-order chi connectivity index (χ1) is 8.22. The highest BCUT2D eigenvalue weighted by molar-refractivity contribution is 5.96. The van der Waals surface area contributed by atoms with E-state index in [2.05, 4.69) is 5.43 Å². The molecule has 17 heavy (non-hydrogen) atoms. The van der Waals surface area contributed by atoms with E-state index in [1.807, 2.05) is 18.2 Å². The first-order valence-corrected chi connectivity index (χ1v) is 5.12. The van der Waals surface area contributed by atoms with Crippen molar-refractivity contribution in [2.24, 2.45) is 5.84 Å². The van der Waals surface area contributed by atoms with Gasteiger partial charge in [0.05, 0.1) is 5.56 Å². The zero-order valence-corrected chi connectivity index (χ0v) is 9.05. The third-order valence-corrected chi connectivity index (χ3v) is 2.52. The Morgan fingerprint density at radius 2 is 1.71 bits per heavy atom. The van der Waals surface area contributed by atoms with E-state index in [9.17, 15) is 4.79 Å². The lowest BCUT2D eigenvalue weighted by atomic mass is 10.00. The van der Waals surface area contributed by atoms with Gasteiger partial charge in [-0.15, -0.1) is 0 Å². The summed E-state index contributed by atoms with van der Waals surface area (Å²) < 4.78 is 0. The van der Waals surface area contributed by atoms with Gasteiger partial charge in [-0.2, -0.15) is 0 Å². The Balaban J connectivity index is 2.48. The third-order valence-electron chi connectivity index (χ3n) is 2.52. The lowest BCUT2D eigenvalue weighted by Crippen LogP contribution is -2.06. The first-order valence-electron chi connectivity index (χ1n) is 5.12. The van der Waals surface area contributed by atoms with Crippen molar-refractivity contribution in [1.29, 1.82) is 0 Å². The molecular formula is C13H12N2O2. The number of hydrogen-bond acceptors (Lipinski definition) is 3. The summed E-state index contributed by atoms with van der Waals surface area (Å²) >= 11 is 0. The smallest absolute Gasteiger partial charge is 0.336 e. The van der Waals surface area contributed by atoms with Crippen molar-refractivity contribution >= 4 is 11.7 Å². The van der Waals surface area contributed by atoms with Crippen LogP contribution in [0.5, 0.6) is 0 Å². The van der Waals surface area contributed by atoms with Crippen molar-refractivity contribution in [3.05, 3.63) is 54.1 Å². The van der Waals surface area contributed by atoms with Gasteiger partial charge in [0.1, 0.15) is 0 Å². The van der Waals surface area contributed by atoms with Crippen LogP contribution in [0.3, 0.4) is 0 Å². The van der Waals surface area contributed by atoms with Crippen LogP contribution in [0.4, 0.5) is 5.69 Å². The van der Waals surface area contributed by atoms with E-state index in [1.54, 1.807) is 30.3 Å². The summed E-state index contributed by atoms with van der Waals surface area (Å²) in [5, 5.41) is 9.10. The van der Waals surface area contributed by atoms with Crippen molar-refractivity contribution in [3.63, 3.8) is 0 Å². The van der Waals surface area contributed by atoms with Crippen LogP contribution in [-0.2, 0) is 0 Å². The number of benzene rings is 2. The third kappa shape index (κ3) is 2.26. The monoisotopic (exact) mass is 228 g/mol. The van der Waals surface area contributed by atoms with Gasteiger partial charge >= 0.3 is 5.97 Å². The number of nitrogens with one attached hydrogen (secondary N) is 1. The molecule has 4 heteroatoms. The van der Waals surface area contributed by atoms with Gasteiger partial charge in [-0.3, -0.25) is 5.84 Å². The molecule has 0 fully saturated rings. The minimum atomic E-state index is -0.929. The predicted octanol–water partition coefficient (Wildman–Crippen LogP) is 2.34. The van der Waals surface area contributed by atoms with Gasteiger partial charge in [0.15, 0.2) is 0 Å². The Bertz CT molecular complexity index is 535. The molecule has 0 spiro atoms. The molecule has 0 aliphatic carbocycles. The van der Waals surface area contributed by atoms with E-state index in [1.165, 1.54) is 0 Å². The van der Waals surface area contributed by atoms with Gasteiger partial charge < -0.3 is 10.5 Å². The molecule has 0 amide bonds. The molecule has 0 unspecified atom stereocenters. The fourth-order valence-electron chi connectivity index (χ4n) is 1.67. The van der Waals surface area contributed by atoms with Crippen LogP contribution in [0.1, 0.15) is 10.4 Å². The van der Waals surface area contributed by atoms with E-state index in [0.29, 0.717) is 11.1 Å². The van der Waals surface area contributed by atoms with Crippen molar-refractivity contribution < 1.29 is 9.90 Å². The Morgan fingerprint density at radius 1 is 1.06 bits per heavy atom. The number of rotatable bonds is 3. The number of carboxylic acid groups (broad SMARTS) is 1. The number of hydrogen-bond donors (Lipinski definition) is 3. The largest absolute Gasteiger partial charge is 0.478 e. The van der Waals surface area contributed by atoms with Crippen molar-refractivity contribution in [1.82, 2.24) is 0 Å². The zero-order valence-electron chi connectivity index (χ0n) is 9.05.